The molecule has 0 aliphatic heterocycles. The minimum atomic E-state index is -0.0903. The zero-order chi connectivity index (χ0) is 27.0. The van der Waals surface area contributed by atoms with E-state index in [4.69, 9.17) is 14.2 Å². The van der Waals surface area contributed by atoms with Gasteiger partial charge in [-0.05, 0) is 69.0 Å². The van der Waals surface area contributed by atoms with Crippen molar-refractivity contribution < 1.29 is 23.8 Å². The fourth-order valence-corrected chi connectivity index (χ4v) is 3.26. The molecule has 7 heteroatoms. The molecule has 0 saturated carbocycles. The van der Waals surface area contributed by atoms with Gasteiger partial charge in [-0.2, -0.15) is 0 Å². The van der Waals surface area contributed by atoms with Gasteiger partial charge in [0.2, 0.25) is 0 Å². The number of hydrogen-bond acceptors (Lipinski definition) is 7. The van der Waals surface area contributed by atoms with Crippen LogP contribution < -0.4 is 14.8 Å². The van der Waals surface area contributed by atoms with Gasteiger partial charge in [-0.25, -0.2) is 4.98 Å². The monoisotopic (exact) mass is 506 g/mol. The number of carbonyl (C=O) groups excluding carboxylic acids is 2. The van der Waals surface area contributed by atoms with Crippen LogP contribution in [-0.2, 0) is 9.53 Å². The molecule has 0 aliphatic rings. The van der Waals surface area contributed by atoms with Gasteiger partial charge in [0.15, 0.2) is 5.78 Å². The Hall–Kier alpha value is -3.87. The standard InChI is InChI=1S/C23H24N2O3.C7H14O2/c1-17-8-3-4-9-21(17)28-22-16-19(11-12-20(22)18(2)26)27-15-7-14-25-23-10-5-6-13-24-23;1-4-9-7(8)5-6(2)3/h3-6,8-13,16H,7,14-15H2,1-2H3,(H,24,25);6H,4-5H2,1-3H3. The van der Waals surface area contributed by atoms with Gasteiger partial charge in [0, 0.05) is 25.2 Å². The van der Waals surface area contributed by atoms with Crippen LogP contribution in [0.4, 0.5) is 5.82 Å². The van der Waals surface area contributed by atoms with Crippen LogP contribution in [-0.4, -0.2) is 36.5 Å². The molecule has 3 aromatic rings. The van der Waals surface area contributed by atoms with Gasteiger partial charge in [0.05, 0.1) is 18.8 Å². The summed E-state index contributed by atoms with van der Waals surface area (Å²) in [5.41, 5.74) is 1.54. The summed E-state index contributed by atoms with van der Waals surface area (Å²) >= 11 is 0. The number of Topliss-reactive ketones (excluding diaryl/α,β-unsaturated/α-hetero) is 1. The third kappa shape index (κ3) is 11.2. The largest absolute Gasteiger partial charge is 0.493 e. The number of ether oxygens (including phenoxy) is 3. The highest BCUT2D eigenvalue weighted by atomic mass is 16.5. The number of nitrogens with zero attached hydrogens (tertiary/aromatic N) is 1. The van der Waals surface area contributed by atoms with E-state index in [9.17, 15) is 9.59 Å². The number of hydrogen-bond donors (Lipinski definition) is 1. The zero-order valence-electron chi connectivity index (χ0n) is 22.5. The lowest BCUT2D eigenvalue weighted by atomic mass is 10.1. The quantitative estimate of drug-likeness (QED) is 0.163. The van der Waals surface area contributed by atoms with Crippen LogP contribution in [0.15, 0.2) is 66.9 Å². The molecule has 37 heavy (non-hydrogen) atoms. The summed E-state index contributed by atoms with van der Waals surface area (Å²) in [6.45, 7) is 11.1. The number of rotatable bonds is 12. The molecule has 1 N–H and O–H groups in total. The van der Waals surface area contributed by atoms with Crippen molar-refractivity contribution in [1.82, 2.24) is 4.98 Å². The molecule has 0 spiro atoms. The molecule has 0 amide bonds. The maximum Gasteiger partial charge on any atom is 0.306 e. The summed E-state index contributed by atoms with van der Waals surface area (Å²) in [6.07, 6.45) is 3.11. The topological polar surface area (TPSA) is 86.8 Å². The van der Waals surface area contributed by atoms with Crippen LogP contribution >= 0.6 is 0 Å². The Morgan fingerprint density at radius 3 is 2.41 bits per heavy atom. The summed E-state index contributed by atoms with van der Waals surface area (Å²) in [7, 11) is 0. The van der Waals surface area contributed by atoms with Crippen molar-refractivity contribution in [3.05, 3.63) is 78.0 Å². The van der Waals surface area contributed by atoms with E-state index in [1.54, 1.807) is 24.4 Å². The predicted molar refractivity (Wildman–Crippen MR) is 147 cm³/mol. The first-order valence-corrected chi connectivity index (χ1v) is 12.6. The van der Waals surface area contributed by atoms with E-state index in [0.717, 1.165) is 30.1 Å². The number of pyridine rings is 1. The van der Waals surface area contributed by atoms with Crippen LogP contribution in [0.2, 0.25) is 0 Å². The number of benzene rings is 2. The van der Waals surface area contributed by atoms with Crippen molar-refractivity contribution in [2.75, 3.05) is 25.1 Å². The lowest BCUT2D eigenvalue weighted by molar-refractivity contribution is -0.143. The Bertz CT molecular complexity index is 1120. The van der Waals surface area contributed by atoms with Crippen LogP contribution in [0.5, 0.6) is 17.2 Å². The average Bonchev–Trinajstić information content (AvgIpc) is 2.86. The Morgan fingerprint density at radius 2 is 1.76 bits per heavy atom. The van der Waals surface area contributed by atoms with Crippen LogP contribution in [0.1, 0.15) is 56.5 Å². The molecule has 0 bridgehead atoms. The SMILES string of the molecule is CC(=O)c1ccc(OCCCNc2ccccn2)cc1Oc1ccccc1C.CCOC(=O)CC(C)C. The lowest BCUT2D eigenvalue weighted by Gasteiger charge is -2.14. The number of ketones is 1. The predicted octanol–water partition coefficient (Wildman–Crippen LogP) is 6.86. The lowest BCUT2D eigenvalue weighted by Crippen LogP contribution is -2.08. The van der Waals surface area contributed by atoms with Gasteiger partial charge in [0.1, 0.15) is 23.1 Å². The minimum absolute atomic E-state index is 0.0466. The molecule has 0 radical (unpaired) electrons. The first kappa shape index (κ1) is 29.4. The third-order valence-corrected chi connectivity index (χ3v) is 5.09. The normalized spacial score (nSPS) is 10.2. The van der Waals surface area contributed by atoms with Gasteiger partial charge < -0.3 is 19.5 Å². The van der Waals surface area contributed by atoms with Gasteiger partial charge in [-0.3, -0.25) is 9.59 Å². The first-order chi connectivity index (χ1) is 17.8. The van der Waals surface area contributed by atoms with Crippen molar-refractivity contribution in [3.8, 4) is 17.2 Å². The molecular formula is C30H38N2O5. The second kappa shape index (κ2) is 16.0. The molecule has 3 rings (SSSR count). The molecule has 2 aromatic carbocycles. The van der Waals surface area contributed by atoms with E-state index in [0.29, 0.717) is 42.6 Å². The fourth-order valence-electron chi connectivity index (χ4n) is 3.26. The summed E-state index contributed by atoms with van der Waals surface area (Å²) in [5, 5.41) is 3.24. The molecular weight excluding hydrogens is 468 g/mol. The molecule has 198 valence electrons. The number of carbonyl (C=O) groups is 2. The fraction of sp³-hybridized carbons (Fsp3) is 0.367. The van der Waals surface area contributed by atoms with Crippen molar-refractivity contribution >= 4 is 17.6 Å². The van der Waals surface area contributed by atoms with Gasteiger partial charge >= 0.3 is 5.97 Å². The van der Waals surface area contributed by atoms with Gasteiger partial charge in [0.25, 0.3) is 0 Å². The number of para-hydroxylation sites is 1. The van der Waals surface area contributed by atoms with Crippen molar-refractivity contribution in [2.24, 2.45) is 5.92 Å². The van der Waals surface area contributed by atoms with E-state index in [1.165, 1.54) is 6.92 Å². The minimum Gasteiger partial charge on any atom is -0.493 e. The Balaban J connectivity index is 0.000000458. The number of anilines is 1. The molecule has 7 nitrogen and oxygen atoms in total. The number of aryl methyl sites for hydroxylation is 1. The van der Waals surface area contributed by atoms with Crippen molar-refractivity contribution in [1.29, 1.82) is 0 Å². The van der Waals surface area contributed by atoms with E-state index >= 15 is 0 Å². The molecule has 1 aromatic heterocycles. The third-order valence-electron chi connectivity index (χ3n) is 5.09. The van der Waals surface area contributed by atoms with Crippen LogP contribution in [0.25, 0.3) is 0 Å². The highest BCUT2D eigenvalue weighted by Gasteiger charge is 2.12. The Kier molecular flexibility index (Phi) is 12.7. The molecule has 0 fully saturated rings. The number of nitrogens with one attached hydrogen (secondary N) is 1. The highest BCUT2D eigenvalue weighted by Crippen LogP contribution is 2.31. The number of aromatic nitrogens is 1. The summed E-state index contributed by atoms with van der Waals surface area (Å²) in [4.78, 5) is 26.8. The van der Waals surface area contributed by atoms with Crippen molar-refractivity contribution in [2.45, 2.75) is 47.5 Å². The molecule has 0 aliphatic carbocycles. The maximum atomic E-state index is 12.0. The van der Waals surface area contributed by atoms with Gasteiger partial charge in [-0.1, -0.05) is 38.1 Å². The smallest absolute Gasteiger partial charge is 0.306 e. The molecule has 0 atom stereocenters. The van der Waals surface area contributed by atoms with E-state index in [1.807, 2.05) is 70.2 Å². The van der Waals surface area contributed by atoms with E-state index in [-0.39, 0.29) is 11.8 Å². The number of esters is 1. The Morgan fingerprint density at radius 1 is 1.00 bits per heavy atom. The molecule has 0 saturated heterocycles. The summed E-state index contributed by atoms with van der Waals surface area (Å²) < 4.78 is 16.6. The second-order valence-electron chi connectivity index (χ2n) is 8.83. The van der Waals surface area contributed by atoms with Crippen LogP contribution in [0.3, 0.4) is 0 Å². The summed E-state index contributed by atoms with van der Waals surface area (Å²) in [5.74, 6) is 3.02. The molecule has 1 heterocycles. The van der Waals surface area contributed by atoms with E-state index in [2.05, 4.69) is 10.3 Å². The first-order valence-electron chi connectivity index (χ1n) is 12.6. The average molecular weight is 507 g/mol. The zero-order valence-corrected chi connectivity index (χ0v) is 22.5. The molecule has 0 unspecified atom stereocenters. The van der Waals surface area contributed by atoms with Crippen LogP contribution in [0, 0.1) is 12.8 Å². The van der Waals surface area contributed by atoms with E-state index < -0.39 is 0 Å². The highest BCUT2D eigenvalue weighted by molar-refractivity contribution is 5.97. The van der Waals surface area contributed by atoms with Gasteiger partial charge in [-0.15, -0.1) is 0 Å². The summed E-state index contributed by atoms with van der Waals surface area (Å²) in [6, 6.07) is 18.8. The maximum absolute atomic E-state index is 12.0. The Labute approximate surface area is 220 Å². The van der Waals surface area contributed by atoms with Crippen molar-refractivity contribution in [3.63, 3.8) is 0 Å². The second-order valence-corrected chi connectivity index (χ2v) is 8.83.